The van der Waals surface area contributed by atoms with Gasteiger partial charge in [-0.15, -0.1) is 0 Å². The molecule has 0 N–H and O–H groups in total. The lowest BCUT2D eigenvalue weighted by atomic mass is 10.0. The minimum atomic E-state index is -4.14. The maximum absolute atomic E-state index is 12.1. The molecule has 98 valence electrons. The molecule has 0 aromatic heterocycles. The van der Waals surface area contributed by atoms with E-state index in [4.69, 9.17) is 8.42 Å². The van der Waals surface area contributed by atoms with E-state index in [0.717, 1.165) is 6.92 Å². The molecule has 0 radical (unpaired) electrons. The SMILES string of the molecule is CC(c1ccccc1)C(F)(F)F.O=S(=O)(Cl)Cl. The highest BCUT2D eigenvalue weighted by Gasteiger charge is 2.36. The van der Waals surface area contributed by atoms with Gasteiger partial charge in [0.2, 0.25) is 0 Å². The van der Waals surface area contributed by atoms with Crippen molar-refractivity contribution in [2.75, 3.05) is 0 Å². The fourth-order valence-electron chi connectivity index (χ4n) is 0.931. The minimum Gasteiger partial charge on any atom is -0.195 e. The van der Waals surface area contributed by atoms with E-state index in [-0.39, 0.29) is 0 Å². The van der Waals surface area contributed by atoms with E-state index in [1.165, 1.54) is 12.1 Å². The molecule has 0 amide bonds. The van der Waals surface area contributed by atoms with Crippen LogP contribution in [0.15, 0.2) is 30.3 Å². The van der Waals surface area contributed by atoms with Gasteiger partial charge >= 0.3 is 14.4 Å². The average Bonchev–Trinajstić information content (AvgIpc) is 2.14. The molecular weight excluding hydrogens is 300 g/mol. The molecule has 8 heteroatoms. The Kier molecular flexibility index (Phi) is 6.29. The zero-order valence-corrected chi connectivity index (χ0v) is 10.9. The number of halogens is 5. The maximum Gasteiger partial charge on any atom is 0.395 e. The van der Waals surface area contributed by atoms with E-state index in [9.17, 15) is 13.2 Å². The molecular formula is C9H9Cl2F3O2S. The molecule has 1 atom stereocenters. The molecule has 0 aliphatic heterocycles. The van der Waals surface area contributed by atoms with Gasteiger partial charge in [0, 0.05) is 21.4 Å². The Morgan fingerprint density at radius 3 is 1.76 bits per heavy atom. The third-order valence-corrected chi connectivity index (χ3v) is 1.79. The van der Waals surface area contributed by atoms with E-state index >= 15 is 0 Å². The first kappa shape index (κ1) is 16.5. The van der Waals surface area contributed by atoms with Gasteiger partial charge in [0.1, 0.15) is 0 Å². The summed E-state index contributed by atoms with van der Waals surface area (Å²) in [7, 11) is 4.81. The fourth-order valence-corrected chi connectivity index (χ4v) is 0.931. The van der Waals surface area contributed by atoms with Crippen LogP contribution in [0.2, 0.25) is 0 Å². The molecule has 0 spiro atoms. The van der Waals surface area contributed by atoms with Gasteiger partial charge in [-0.3, -0.25) is 0 Å². The van der Waals surface area contributed by atoms with E-state index in [1.54, 1.807) is 18.2 Å². The van der Waals surface area contributed by atoms with Crippen LogP contribution >= 0.6 is 21.4 Å². The summed E-state index contributed by atoms with van der Waals surface area (Å²) in [4.78, 5) is 0. The van der Waals surface area contributed by atoms with E-state index < -0.39 is 20.4 Å². The third-order valence-electron chi connectivity index (χ3n) is 1.79. The second kappa shape index (κ2) is 6.47. The normalized spacial score (nSPS) is 13.5. The second-order valence-corrected chi connectivity index (χ2v) is 6.72. The van der Waals surface area contributed by atoms with Crippen LogP contribution in [0.1, 0.15) is 18.4 Å². The summed E-state index contributed by atoms with van der Waals surface area (Å²) in [6.07, 6.45) is -4.14. The van der Waals surface area contributed by atoms with Crippen molar-refractivity contribution in [2.45, 2.75) is 19.0 Å². The van der Waals surface area contributed by atoms with Crippen LogP contribution in [0.25, 0.3) is 0 Å². The van der Waals surface area contributed by atoms with Gasteiger partial charge in [-0.2, -0.15) is 21.6 Å². The molecule has 1 unspecified atom stereocenters. The van der Waals surface area contributed by atoms with Crippen LogP contribution < -0.4 is 0 Å². The molecule has 1 rings (SSSR count). The minimum absolute atomic E-state index is 0.310. The van der Waals surface area contributed by atoms with Crippen LogP contribution in [0.3, 0.4) is 0 Å². The Hall–Kier alpha value is -0.460. The first-order valence-corrected chi connectivity index (χ1v) is 7.41. The number of benzene rings is 1. The summed E-state index contributed by atoms with van der Waals surface area (Å²) < 4.78 is 54.7. The van der Waals surface area contributed by atoms with Gasteiger partial charge in [0.25, 0.3) is 0 Å². The molecule has 0 heterocycles. The monoisotopic (exact) mass is 308 g/mol. The van der Waals surface area contributed by atoms with Crippen molar-refractivity contribution in [1.29, 1.82) is 0 Å². The summed E-state index contributed by atoms with van der Waals surface area (Å²) in [5, 5.41) is 0. The molecule has 0 saturated heterocycles. The molecule has 0 bridgehead atoms. The lowest BCUT2D eigenvalue weighted by molar-refractivity contribution is -0.146. The van der Waals surface area contributed by atoms with Gasteiger partial charge in [-0.05, 0) is 12.5 Å². The van der Waals surface area contributed by atoms with Crippen molar-refractivity contribution >= 4 is 29.6 Å². The van der Waals surface area contributed by atoms with E-state index in [1.807, 2.05) is 0 Å². The number of hydrogen-bond donors (Lipinski definition) is 0. The Labute approximate surface area is 106 Å². The van der Waals surface area contributed by atoms with Crippen molar-refractivity contribution in [1.82, 2.24) is 0 Å². The molecule has 0 fully saturated rings. The van der Waals surface area contributed by atoms with Gasteiger partial charge in [-0.25, -0.2) is 0 Å². The highest BCUT2D eigenvalue weighted by Crippen LogP contribution is 2.33. The first-order chi connectivity index (χ1) is 7.52. The first-order valence-electron chi connectivity index (χ1n) is 4.27. The summed E-state index contributed by atoms with van der Waals surface area (Å²) >= 11 is 0. The Morgan fingerprint density at radius 1 is 1.12 bits per heavy atom. The van der Waals surface area contributed by atoms with Gasteiger partial charge in [-0.1, -0.05) is 30.3 Å². The van der Waals surface area contributed by atoms with Crippen molar-refractivity contribution in [3.8, 4) is 0 Å². The predicted octanol–water partition coefficient (Wildman–Crippen LogP) is 4.06. The summed E-state index contributed by atoms with van der Waals surface area (Å²) in [6.45, 7) is 1.16. The van der Waals surface area contributed by atoms with Gasteiger partial charge in [0.15, 0.2) is 0 Å². The number of alkyl halides is 3. The topological polar surface area (TPSA) is 34.1 Å². The molecule has 0 aliphatic rings. The van der Waals surface area contributed by atoms with Crippen LogP contribution in [0.4, 0.5) is 13.2 Å². The smallest absolute Gasteiger partial charge is 0.195 e. The van der Waals surface area contributed by atoms with Crippen molar-refractivity contribution in [3.05, 3.63) is 35.9 Å². The third kappa shape index (κ3) is 9.26. The Morgan fingerprint density at radius 2 is 1.47 bits per heavy atom. The average molecular weight is 309 g/mol. The molecule has 0 saturated carbocycles. The molecule has 2 nitrogen and oxygen atoms in total. The molecule has 0 aliphatic carbocycles. The van der Waals surface area contributed by atoms with Crippen LogP contribution in [-0.2, 0) is 8.26 Å². The highest BCUT2D eigenvalue weighted by atomic mass is 36.0. The Bertz CT molecular complexity index is 423. The second-order valence-electron chi connectivity index (χ2n) is 3.05. The van der Waals surface area contributed by atoms with E-state index in [2.05, 4.69) is 21.4 Å². The predicted molar refractivity (Wildman–Crippen MR) is 61.5 cm³/mol. The molecule has 1 aromatic rings. The van der Waals surface area contributed by atoms with Crippen LogP contribution in [0, 0.1) is 0 Å². The quantitative estimate of drug-likeness (QED) is 0.733. The standard InChI is InChI=1S/C9H9F3.Cl2O2S/c1-7(9(10,11)12)8-5-3-2-4-6-8;1-5(2,3)4/h2-7H,1H3;. The zero-order valence-electron chi connectivity index (χ0n) is 8.58. The lowest BCUT2D eigenvalue weighted by Crippen LogP contribution is -2.17. The Balaban J connectivity index is 0.000000437. The fraction of sp³-hybridized carbons (Fsp3) is 0.333. The summed E-state index contributed by atoms with van der Waals surface area (Å²) in [5.74, 6) is -1.38. The largest absolute Gasteiger partial charge is 0.395 e. The summed E-state index contributed by atoms with van der Waals surface area (Å²) in [5.41, 5.74) is 0.310. The zero-order chi connectivity index (χ0) is 13.7. The van der Waals surface area contributed by atoms with Crippen molar-refractivity contribution in [3.63, 3.8) is 0 Å². The number of hydrogen-bond acceptors (Lipinski definition) is 2. The van der Waals surface area contributed by atoms with Gasteiger partial charge in [0.05, 0.1) is 5.92 Å². The maximum atomic E-state index is 12.1. The van der Waals surface area contributed by atoms with E-state index in [0.29, 0.717) is 5.56 Å². The highest BCUT2D eigenvalue weighted by molar-refractivity contribution is 8.31. The van der Waals surface area contributed by atoms with Gasteiger partial charge < -0.3 is 0 Å². The lowest BCUT2D eigenvalue weighted by Gasteiger charge is -2.15. The summed E-state index contributed by atoms with van der Waals surface area (Å²) in [6, 6.07) is 7.89. The molecule has 17 heavy (non-hydrogen) atoms. The molecule has 1 aromatic carbocycles. The van der Waals surface area contributed by atoms with Crippen LogP contribution in [0.5, 0.6) is 0 Å². The number of rotatable bonds is 1. The van der Waals surface area contributed by atoms with Crippen molar-refractivity contribution < 1.29 is 21.6 Å². The van der Waals surface area contributed by atoms with Crippen LogP contribution in [-0.4, -0.2) is 14.6 Å². The van der Waals surface area contributed by atoms with Crippen molar-refractivity contribution in [2.24, 2.45) is 0 Å².